The van der Waals surface area contributed by atoms with E-state index in [1.165, 1.54) is 6.26 Å². The molecule has 1 fully saturated rings. The van der Waals surface area contributed by atoms with Crippen molar-refractivity contribution in [3.05, 3.63) is 82.3 Å². The zero-order valence-electron chi connectivity index (χ0n) is 12.9. The van der Waals surface area contributed by atoms with E-state index in [1.54, 1.807) is 29.2 Å². The molecule has 3 heterocycles. The van der Waals surface area contributed by atoms with Crippen molar-refractivity contribution in [3.63, 3.8) is 0 Å². The number of furan rings is 1. The van der Waals surface area contributed by atoms with Crippen LogP contribution >= 0.6 is 0 Å². The van der Waals surface area contributed by atoms with Gasteiger partial charge in [0.15, 0.2) is 0 Å². The number of nitrogens with one attached hydrogen (secondary N) is 1. The van der Waals surface area contributed by atoms with Gasteiger partial charge in [-0.15, -0.1) is 0 Å². The van der Waals surface area contributed by atoms with Crippen LogP contribution in [0.15, 0.2) is 70.1 Å². The Morgan fingerprint density at radius 1 is 1.08 bits per heavy atom. The highest BCUT2D eigenvalue weighted by Crippen LogP contribution is 2.33. The van der Waals surface area contributed by atoms with Crippen molar-refractivity contribution in [2.24, 2.45) is 0 Å². The molecule has 0 radical (unpaired) electrons. The summed E-state index contributed by atoms with van der Waals surface area (Å²) in [5, 5.41) is 0. The summed E-state index contributed by atoms with van der Waals surface area (Å²) in [6, 6.07) is 16.7. The van der Waals surface area contributed by atoms with E-state index in [-0.39, 0.29) is 17.5 Å². The summed E-state index contributed by atoms with van der Waals surface area (Å²) in [7, 11) is 0. The van der Waals surface area contributed by atoms with Crippen LogP contribution < -0.4 is 5.56 Å². The Morgan fingerprint density at radius 3 is 2.54 bits per heavy atom. The normalized spacial score (nSPS) is 16.7. The van der Waals surface area contributed by atoms with Gasteiger partial charge in [0.05, 0.1) is 18.0 Å². The standard InChI is InChI=1S/C19H16N2O3/c22-18-14(8-9-15(20-18)17-7-4-12-24-17)19(23)21-11-10-16(21)13-5-2-1-3-6-13/h1-9,12,16H,10-11H2,(H,20,22)/t16-/m0/s1. The van der Waals surface area contributed by atoms with Gasteiger partial charge in [-0.1, -0.05) is 30.3 Å². The lowest BCUT2D eigenvalue weighted by Gasteiger charge is -2.41. The van der Waals surface area contributed by atoms with Crippen LogP contribution in [0.25, 0.3) is 11.5 Å². The minimum atomic E-state index is -0.396. The molecule has 4 rings (SSSR count). The van der Waals surface area contributed by atoms with E-state index in [0.29, 0.717) is 18.0 Å². The van der Waals surface area contributed by atoms with Gasteiger partial charge in [-0.2, -0.15) is 0 Å². The molecule has 1 N–H and O–H groups in total. The molecule has 0 saturated carbocycles. The number of carbonyl (C=O) groups excluding carboxylic acids is 1. The van der Waals surface area contributed by atoms with Crippen molar-refractivity contribution >= 4 is 5.91 Å². The second kappa shape index (κ2) is 5.85. The molecular formula is C19H16N2O3. The lowest BCUT2D eigenvalue weighted by molar-refractivity contribution is 0.0458. The van der Waals surface area contributed by atoms with Gasteiger partial charge in [0.2, 0.25) is 0 Å². The zero-order valence-corrected chi connectivity index (χ0v) is 12.9. The van der Waals surface area contributed by atoms with Gasteiger partial charge in [-0.25, -0.2) is 0 Å². The highest BCUT2D eigenvalue weighted by atomic mass is 16.3. The van der Waals surface area contributed by atoms with Gasteiger partial charge >= 0.3 is 0 Å². The van der Waals surface area contributed by atoms with Crippen LogP contribution in [0.4, 0.5) is 0 Å². The van der Waals surface area contributed by atoms with Gasteiger partial charge < -0.3 is 14.3 Å². The Labute approximate surface area is 138 Å². The van der Waals surface area contributed by atoms with E-state index in [2.05, 4.69) is 4.98 Å². The maximum absolute atomic E-state index is 12.7. The molecule has 5 nitrogen and oxygen atoms in total. The largest absolute Gasteiger partial charge is 0.463 e. The molecule has 2 aromatic heterocycles. The molecule has 3 aromatic rings. The van der Waals surface area contributed by atoms with Crippen molar-refractivity contribution in [1.29, 1.82) is 0 Å². The predicted octanol–water partition coefficient (Wildman–Crippen LogP) is 3.22. The maximum atomic E-state index is 12.7. The smallest absolute Gasteiger partial charge is 0.261 e. The number of likely N-dealkylation sites (tertiary alicyclic amines) is 1. The van der Waals surface area contributed by atoms with E-state index in [1.807, 2.05) is 30.3 Å². The van der Waals surface area contributed by atoms with Crippen LogP contribution in [0.2, 0.25) is 0 Å². The quantitative estimate of drug-likeness (QED) is 0.806. The van der Waals surface area contributed by atoms with Crippen LogP contribution in [0.5, 0.6) is 0 Å². The summed E-state index contributed by atoms with van der Waals surface area (Å²) in [4.78, 5) is 29.5. The van der Waals surface area contributed by atoms with Gasteiger partial charge in [-0.05, 0) is 36.2 Å². The van der Waals surface area contributed by atoms with Crippen LogP contribution in [0.3, 0.4) is 0 Å². The molecule has 1 aliphatic heterocycles. The second-order valence-corrected chi connectivity index (χ2v) is 5.81. The molecule has 1 aliphatic rings. The summed E-state index contributed by atoms with van der Waals surface area (Å²) in [5.74, 6) is 0.333. The van der Waals surface area contributed by atoms with Crippen molar-refractivity contribution in [3.8, 4) is 11.5 Å². The molecule has 0 bridgehead atoms. The molecule has 1 atom stereocenters. The topological polar surface area (TPSA) is 66.3 Å². The van der Waals surface area contributed by atoms with E-state index in [0.717, 1.165) is 12.0 Å². The third-order valence-electron chi connectivity index (χ3n) is 4.39. The third kappa shape index (κ3) is 2.44. The Kier molecular flexibility index (Phi) is 3.54. The number of nitrogens with zero attached hydrogens (tertiary/aromatic N) is 1. The van der Waals surface area contributed by atoms with E-state index >= 15 is 0 Å². The molecule has 0 spiro atoms. The number of aromatic nitrogens is 1. The van der Waals surface area contributed by atoms with Crippen LogP contribution in [0.1, 0.15) is 28.4 Å². The van der Waals surface area contributed by atoms with Gasteiger partial charge in [0.1, 0.15) is 11.3 Å². The molecule has 24 heavy (non-hydrogen) atoms. The predicted molar refractivity (Wildman–Crippen MR) is 89.6 cm³/mol. The fraction of sp³-hybridized carbons (Fsp3) is 0.158. The molecule has 120 valence electrons. The summed E-state index contributed by atoms with van der Waals surface area (Å²) in [6.45, 7) is 0.664. The Morgan fingerprint density at radius 2 is 1.92 bits per heavy atom. The molecular weight excluding hydrogens is 304 g/mol. The summed E-state index contributed by atoms with van der Waals surface area (Å²) < 4.78 is 5.26. The first-order valence-corrected chi connectivity index (χ1v) is 7.87. The highest BCUT2D eigenvalue weighted by Gasteiger charge is 2.34. The number of H-pyrrole nitrogens is 1. The third-order valence-corrected chi connectivity index (χ3v) is 4.39. The number of pyridine rings is 1. The van der Waals surface area contributed by atoms with Crippen molar-refractivity contribution in [2.45, 2.75) is 12.5 Å². The number of amides is 1. The number of aromatic amines is 1. The first-order chi connectivity index (χ1) is 11.7. The maximum Gasteiger partial charge on any atom is 0.261 e. The van der Waals surface area contributed by atoms with Crippen molar-refractivity contribution in [1.82, 2.24) is 9.88 Å². The van der Waals surface area contributed by atoms with Crippen molar-refractivity contribution in [2.75, 3.05) is 6.54 Å². The van der Waals surface area contributed by atoms with E-state index in [4.69, 9.17) is 4.42 Å². The fourth-order valence-electron chi connectivity index (χ4n) is 3.02. The number of rotatable bonds is 3. The highest BCUT2D eigenvalue weighted by molar-refractivity contribution is 5.94. The molecule has 0 unspecified atom stereocenters. The Balaban J connectivity index is 1.60. The summed E-state index contributed by atoms with van der Waals surface area (Å²) >= 11 is 0. The minimum absolute atomic E-state index is 0.0443. The molecule has 1 aromatic carbocycles. The first-order valence-electron chi connectivity index (χ1n) is 7.87. The van der Waals surface area contributed by atoms with Gasteiger partial charge in [0, 0.05) is 6.54 Å². The van der Waals surface area contributed by atoms with E-state index < -0.39 is 5.56 Å². The number of hydrogen-bond donors (Lipinski definition) is 1. The average Bonchev–Trinajstić information content (AvgIpc) is 3.09. The van der Waals surface area contributed by atoms with E-state index in [9.17, 15) is 9.59 Å². The molecule has 0 aliphatic carbocycles. The minimum Gasteiger partial charge on any atom is -0.463 e. The van der Waals surface area contributed by atoms with Gasteiger partial charge in [-0.3, -0.25) is 9.59 Å². The SMILES string of the molecule is O=C(c1ccc(-c2ccco2)[nH]c1=O)N1CC[C@H]1c1ccccc1. The Bertz CT molecular complexity index is 913. The molecule has 1 saturated heterocycles. The lowest BCUT2D eigenvalue weighted by atomic mass is 9.94. The number of benzene rings is 1. The number of carbonyl (C=O) groups is 1. The van der Waals surface area contributed by atoms with Crippen LogP contribution in [-0.4, -0.2) is 22.3 Å². The molecule has 1 amide bonds. The fourth-order valence-corrected chi connectivity index (χ4v) is 3.02. The summed E-state index contributed by atoms with van der Waals surface area (Å²) in [5.41, 5.74) is 1.42. The van der Waals surface area contributed by atoms with Crippen molar-refractivity contribution < 1.29 is 9.21 Å². The number of hydrogen-bond acceptors (Lipinski definition) is 3. The van der Waals surface area contributed by atoms with Gasteiger partial charge in [0.25, 0.3) is 11.5 Å². The van der Waals surface area contributed by atoms with Crippen LogP contribution in [-0.2, 0) is 0 Å². The Hall–Kier alpha value is -3.08. The average molecular weight is 320 g/mol. The monoisotopic (exact) mass is 320 g/mol. The second-order valence-electron chi connectivity index (χ2n) is 5.81. The summed E-state index contributed by atoms with van der Waals surface area (Å²) in [6.07, 6.45) is 2.45. The zero-order chi connectivity index (χ0) is 16.5. The van der Waals surface area contributed by atoms with Crippen LogP contribution in [0, 0.1) is 0 Å². The molecule has 5 heteroatoms. The lowest BCUT2D eigenvalue weighted by Crippen LogP contribution is -2.46. The first kappa shape index (κ1) is 14.5.